The molecule has 0 aromatic heterocycles. The van der Waals surface area contributed by atoms with Gasteiger partial charge in [0.05, 0.1) is 5.84 Å². The van der Waals surface area contributed by atoms with Crippen LogP contribution < -0.4 is 0 Å². The third-order valence-corrected chi connectivity index (χ3v) is 3.65. The first-order valence-corrected chi connectivity index (χ1v) is 5.45. The largest absolute Gasteiger partial charge is 0.357 e. The molecular formula is C8H14N2S. The molecular weight excluding hydrogens is 156 g/mol. The van der Waals surface area contributed by atoms with E-state index in [2.05, 4.69) is 4.90 Å². The lowest BCUT2D eigenvalue weighted by molar-refractivity contribution is 0.359. The second kappa shape index (κ2) is 3.05. The summed E-state index contributed by atoms with van der Waals surface area (Å²) in [6.45, 7) is 1.14. The molecule has 3 heteroatoms. The van der Waals surface area contributed by atoms with Crippen LogP contribution in [0.3, 0.4) is 0 Å². The molecule has 0 spiro atoms. The lowest BCUT2D eigenvalue weighted by atomic mass is 10.2. The molecule has 2 saturated heterocycles. The first-order valence-electron chi connectivity index (χ1n) is 4.30. The van der Waals surface area contributed by atoms with Crippen LogP contribution in [-0.4, -0.2) is 34.8 Å². The number of amidine groups is 1. The Hall–Kier alpha value is -0.180. The SMILES string of the molecule is N=C1CCCN1C1CCSC1. The highest BCUT2D eigenvalue weighted by molar-refractivity contribution is 7.99. The third kappa shape index (κ3) is 1.39. The monoisotopic (exact) mass is 170 g/mol. The molecule has 1 unspecified atom stereocenters. The van der Waals surface area contributed by atoms with Crippen molar-refractivity contribution in [3.63, 3.8) is 0 Å². The fraction of sp³-hybridized carbons (Fsp3) is 0.875. The van der Waals surface area contributed by atoms with E-state index in [1.165, 1.54) is 24.3 Å². The van der Waals surface area contributed by atoms with Crippen molar-refractivity contribution in [1.82, 2.24) is 4.90 Å². The maximum absolute atomic E-state index is 7.69. The van der Waals surface area contributed by atoms with E-state index in [0.29, 0.717) is 6.04 Å². The van der Waals surface area contributed by atoms with Gasteiger partial charge in [-0.1, -0.05) is 0 Å². The Kier molecular flexibility index (Phi) is 2.07. The summed E-state index contributed by atoms with van der Waals surface area (Å²) in [5.74, 6) is 3.44. The summed E-state index contributed by atoms with van der Waals surface area (Å²) in [6, 6.07) is 0.704. The molecule has 1 atom stereocenters. The molecule has 0 aromatic carbocycles. The number of hydrogen-bond donors (Lipinski definition) is 1. The van der Waals surface area contributed by atoms with Gasteiger partial charge in [0.2, 0.25) is 0 Å². The van der Waals surface area contributed by atoms with E-state index in [0.717, 1.165) is 18.8 Å². The van der Waals surface area contributed by atoms with Crippen LogP contribution in [0.5, 0.6) is 0 Å². The fourth-order valence-electron chi connectivity index (χ4n) is 1.87. The molecule has 2 fully saturated rings. The van der Waals surface area contributed by atoms with Crippen LogP contribution in [-0.2, 0) is 0 Å². The molecule has 1 N–H and O–H groups in total. The fourth-order valence-corrected chi connectivity index (χ4v) is 3.09. The van der Waals surface area contributed by atoms with Crippen molar-refractivity contribution in [2.45, 2.75) is 25.3 Å². The third-order valence-electron chi connectivity index (χ3n) is 2.51. The van der Waals surface area contributed by atoms with Crippen molar-refractivity contribution in [2.75, 3.05) is 18.1 Å². The van der Waals surface area contributed by atoms with Gasteiger partial charge in [-0.05, 0) is 18.6 Å². The van der Waals surface area contributed by atoms with Gasteiger partial charge in [-0.25, -0.2) is 0 Å². The summed E-state index contributed by atoms with van der Waals surface area (Å²) in [7, 11) is 0. The predicted octanol–water partition coefficient (Wildman–Crippen LogP) is 1.56. The quantitative estimate of drug-likeness (QED) is 0.646. The van der Waals surface area contributed by atoms with Crippen molar-refractivity contribution in [3.8, 4) is 0 Å². The highest BCUT2D eigenvalue weighted by atomic mass is 32.2. The Morgan fingerprint density at radius 1 is 1.55 bits per heavy atom. The van der Waals surface area contributed by atoms with Gasteiger partial charge in [-0.15, -0.1) is 0 Å². The maximum atomic E-state index is 7.69. The summed E-state index contributed by atoms with van der Waals surface area (Å²) in [4.78, 5) is 2.31. The Morgan fingerprint density at radius 2 is 2.45 bits per heavy atom. The normalized spacial score (nSPS) is 31.8. The van der Waals surface area contributed by atoms with E-state index >= 15 is 0 Å². The van der Waals surface area contributed by atoms with Gasteiger partial charge >= 0.3 is 0 Å². The number of likely N-dealkylation sites (tertiary alicyclic amines) is 1. The minimum atomic E-state index is 0.704. The van der Waals surface area contributed by atoms with Gasteiger partial charge in [0, 0.05) is 24.8 Å². The van der Waals surface area contributed by atoms with Gasteiger partial charge in [0.25, 0.3) is 0 Å². The molecule has 2 aliphatic rings. The molecule has 2 heterocycles. The lowest BCUT2D eigenvalue weighted by Crippen LogP contribution is -2.35. The zero-order valence-electron chi connectivity index (χ0n) is 6.68. The number of rotatable bonds is 1. The second-order valence-electron chi connectivity index (χ2n) is 3.26. The van der Waals surface area contributed by atoms with Gasteiger partial charge < -0.3 is 4.90 Å². The Morgan fingerprint density at radius 3 is 3.00 bits per heavy atom. The van der Waals surface area contributed by atoms with Crippen molar-refractivity contribution >= 4 is 17.6 Å². The topological polar surface area (TPSA) is 27.1 Å². The van der Waals surface area contributed by atoms with Gasteiger partial charge in [0.1, 0.15) is 0 Å². The Labute approximate surface area is 71.9 Å². The molecule has 2 rings (SSSR count). The molecule has 0 aromatic rings. The lowest BCUT2D eigenvalue weighted by Gasteiger charge is -2.24. The molecule has 0 bridgehead atoms. The van der Waals surface area contributed by atoms with Crippen LogP contribution in [0.4, 0.5) is 0 Å². The standard InChI is InChI=1S/C8H14N2S/c9-8-2-1-4-10(8)7-3-5-11-6-7/h7,9H,1-6H2. The first kappa shape index (κ1) is 7.47. The average Bonchev–Trinajstić information content (AvgIpc) is 2.55. The van der Waals surface area contributed by atoms with Crippen LogP contribution in [0.25, 0.3) is 0 Å². The van der Waals surface area contributed by atoms with Crippen LogP contribution in [0.15, 0.2) is 0 Å². The number of thioether (sulfide) groups is 1. The highest BCUT2D eigenvalue weighted by Gasteiger charge is 2.27. The van der Waals surface area contributed by atoms with Gasteiger partial charge in [0.15, 0.2) is 0 Å². The number of nitrogens with zero attached hydrogens (tertiary/aromatic N) is 1. The average molecular weight is 170 g/mol. The van der Waals surface area contributed by atoms with Crippen molar-refractivity contribution in [1.29, 1.82) is 5.41 Å². The zero-order chi connectivity index (χ0) is 7.68. The van der Waals surface area contributed by atoms with E-state index in [1.807, 2.05) is 11.8 Å². The van der Waals surface area contributed by atoms with Gasteiger partial charge in [-0.2, -0.15) is 11.8 Å². The smallest absolute Gasteiger partial charge is 0.0961 e. The van der Waals surface area contributed by atoms with Crippen molar-refractivity contribution < 1.29 is 0 Å². The zero-order valence-corrected chi connectivity index (χ0v) is 7.49. The molecule has 0 radical (unpaired) electrons. The molecule has 0 amide bonds. The Bertz CT molecular complexity index is 163. The van der Waals surface area contributed by atoms with Crippen LogP contribution in [0, 0.1) is 5.41 Å². The molecule has 11 heavy (non-hydrogen) atoms. The van der Waals surface area contributed by atoms with E-state index in [1.54, 1.807) is 0 Å². The minimum absolute atomic E-state index is 0.704. The van der Waals surface area contributed by atoms with Crippen molar-refractivity contribution in [3.05, 3.63) is 0 Å². The van der Waals surface area contributed by atoms with E-state index in [9.17, 15) is 0 Å². The molecule has 2 nitrogen and oxygen atoms in total. The molecule has 2 aliphatic heterocycles. The van der Waals surface area contributed by atoms with Crippen molar-refractivity contribution in [2.24, 2.45) is 0 Å². The van der Waals surface area contributed by atoms with Crippen LogP contribution >= 0.6 is 11.8 Å². The summed E-state index contributed by atoms with van der Waals surface area (Å²) in [5.41, 5.74) is 0. The molecule has 0 aliphatic carbocycles. The predicted molar refractivity (Wildman–Crippen MR) is 49.4 cm³/mol. The summed E-state index contributed by atoms with van der Waals surface area (Å²) < 4.78 is 0. The minimum Gasteiger partial charge on any atom is -0.357 e. The van der Waals surface area contributed by atoms with E-state index < -0.39 is 0 Å². The second-order valence-corrected chi connectivity index (χ2v) is 4.41. The van der Waals surface area contributed by atoms with Crippen LogP contribution in [0.1, 0.15) is 19.3 Å². The molecule has 0 saturated carbocycles. The first-order chi connectivity index (χ1) is 5.38. The summed E-state index contributed by atoms with van der Waals surface area (Å²) in [5, 5.41) is 7.69. The van der Waals surface area contributed by atoms with Gasteiger partial charge in [-0.3, -0.25) is 5.41 Å². The van der Waals surface area contributed by atoms with Crippen LogP contribution in [0.2, 0.25) is 0 Å². The highest BCUT2D eigenvalue weighted by Crippen LogP contribution is 2.25. The van der Waals surface area contributed by atoms with E-state index in [4.69, 9.17) is 5.41 Å². The van der Waals surface area contributed by atoms with E-state index in [-0.39, 0.29) is 0 Å². The summed E-state index contributed by atoms with van der Waals surface area (Å²) in [6.07, 6.45) is 3.52. The number of nitrogens with one attached hydrogen (secondary N) is 1. The number of hydrogen-bond acceptors (Lipinski definition) is 2. The molecule has 62 valence electrons. The maximum Gasteiger partial charge on any atom is 0.0961 e. The Balaban J connectivity index is 1.97. The summed E-state index contributed by atoms with van der Waals surface area (Å²) >= 11 is 2.03.